The molecule has 1 heterocycles. The predicted octanol–water partition coefficient (Wildman–Crippen LogP) is 0.438. The van der Waals surface area contributed by atoms with Gasteiger partial charge in [-0.05, 0) is 29.8 Å². The number of hydrogen-bond donors (Lipinski definition) is 1. The SMILES string of the molecule is COc1ccc(C)cc1-n1nnc(CN)n1. The van der Waals surface area contributed by atoms with E-state index in [0.717, 1.165) is 11.3 Å². The first-order valence-corrected chi connectivity index (χ1v) is 4.88. The summed E-state index contributed by atoms with van der Waals surface area (Å²) in [5.74, 6) is 1.20. The van der Waals surface area contributed by atoms with Crippen molar-refractivity contribution in [3.63, 3.8) is 0 Å². The van der Waals surface area contributed by atoms with Gasteiger partial charge in [0.05, 0.1) is 13.7 Å². The van der Waals surface area contributed by atoms with Crippen molar-refractivity contribution < 1.29 is 4.74 Å². The molecular formula is C10H13N5O. The average Bonchev–Trinajstić information content (AvgIpc) is 2.77. The maximum absolute atomic E-state index is 5.43. The lowest BCUT2D eigenvalue weighted by atomic mass is 10.2. The molecular weight excluding hydrogens is 206 g/mol. The van der Waals surface area contributed by atoms with E-state index in [1.807, 2.05) is 25.1 Å². The zero-order chi connectivity index (χ0) is 11.5. The first-order chi connectivity index (χ1) is 7.74. The Hall–Kier alpha value is -1.95. The number of nitrogens with two attached hydrogens (primary N) is 1. The van der Waals surface area contributed by atoms with Crippen molar-refractivity contribution in [2.45, 2.75) is 13.5 Å². The lowest BCUT2D eigenvalue weighted by molar-refractivity contribution is 0.409. The summed E-state index contributed by atoms with van der Waals surface area (Å²) in [6, 6.07) is 5.76. The van der Waals surface area contributed by atoms with E-state index < -0.39 is 0 Å². The van der Waals surface area contributed by atoms with Crippen LogP contribution in [-0.4, -0.2) is 27.3 Å². The Balaban J connectivity index is 2.49. The number of rotatable bonds is 3. The molecule has 0 saturated heterocycles. The monoisotopic (exact) mass is 219 g/mol. The van der Waals surface area contributed by atoms with Gasteiger partial charge in [-0.2, -0.15) is 0 Å². The fraction of sp³-hybridized carbons (Fsp3) is 0.300. The summed E-state index contributed by atoms with van der Waals surface area (Å²) in [7, 11) is 1.61. The van der Waals surface area contributed by atoms with Crippen LogP contribution in [0.3, 0.4) is 0 Å². The highest BCUT2D eigenvalue weighted by molar-refractivity contribution is 5.47. The molecule has 6 nitrogen and oxygen atoms in total. The van der Waals surface area contributed by atoms with E-state index in [9.17, 15) is 0 Å². The van der Waals surface area contributed by atoms with Crippen molar-refractivity contribution in [3.05, 3.63) is 29.6 Å². The van der Waals surface area contributed by atoms with Crippen LogP contribution in [0.15, 0.2) is 18.2 Å². The molecule has 1 aromatic carbocycles. The van der Waals surface area contributed by atoms with Crippen LogP contribution >= 0.6 is 0 Å². The number of benzene rings is 1. The van der Waals surface area contributed by atoms with Gasteiger partial charge in [-0.25, -0.2) is 0 Å². The molecule has 0 radical (unpaired) electrons. The molecule has 0 fully saturated rings. The summed E-state index contributed by atoms with van der Waals surface area (Å²) in [5.41, 5.74) is 7.29. The zero-order valence-corrected chi connectivity index (χ0v) is 9.21. The zero-order valence-electron chi connectivity index (χ0n) is 9.21. The molecule has 84 valence electrons. The summed E-state index contributed by atoms with van der Waals surface area (Å²) in [6.07, 6.45) is 0. The minimum Gasteiger partial charge on any atom is -0.494 e. The number of hydrogen-bond acceptors (Lipinski definition) is 5. The van der Waals surface area contributed by atoms with Gasteiger partial charge in [0, 0.05) is 0 Å². The second-order valence-corrected chi connectivity index (χ2v) is 3.37. The van der Waals surface area contributed by atoms with Crippen molar-refractivity contribution in [2.24, 2.45) is 5.73 Å². The molecule has 0 amide bonds. The summed E-state index contributed by atoms with van der Waals surface area (Å²) in [4.78, 5) is 1.42. The van der Waals surface area contributed by atoms with Gasteiger partial charge in [0.1, 0.15) is 11.4 Å². The first-order valence-electron chi connectivity index (χ1n) is 4.88. The van der Waals surface area contributed by atoms with Gasteiger partial charge >= 0.3 is 0 Å². The normalized spacial score (nSPS) is 10.4. The molecule has 2 rings (SSSR count). The molecule has 6 heteroatoms. The fourth-order valence-electron chi connectivity index (χ4n) is 1.38. The summed E-state index contributed by atoms with van der Waals surface area (Å²) in [5, 5.41) is 11.9. The van der Waals surface area contributed by atoms with E-state index in [1.54, 1.807) is 7.11 Å². The molecule has 16 heavy (non-hydrogen) atoms. The van der Waals surface area contributed by atoms with Crippen LogP contribution < -0.4 is 10.5 Å². The molecule has 1 aromatic heterocycles. The third-order valence-electron chi connectivity index (χ3n) is 2.19. The molecule has 0 atom stereocenters. The Morgan fingerprint density at radius 2 is 2.25 bits per heavy atom. The molecule has 0 bridgehead atoms. The molecule has 2 aromatic rings. The molecule has 0 saturated carbocycles. The van der Waals surface area contributed by atoms with Crippen LogP contribution in [0.4, 0.5) is 0 Å². The van der Waals surface area contributed by atoms with Crippen LogP contribution in [0.1, 0.15) is 11.4 Å². The minimum absolute atomic E-state index is 0.272. The van der Waals surface area contributed by atoms with Crippen molar-refractivity contribution >= 4 is 0 Å². The third kappa shape index (κ3) is 1.87. The Morgan fingerprint density at radius 1 is 1.44 bits per heavy atom. The van der Waals surface area contributed by atoms with E-state index in [2.05, 4.69) is 15.4 Å². The smallest absolute Gasteiger partial charge is 0.188 e. The number of ether oxygens (including phenoxy) is 1. The quantitative estimate of drug-likeness (QED) is 0.810. The Bertz CT molecular complexity index is 494. The second-order valence-electron chi connectivity index (χ2n) is 3.37. The van der Waals surface area contributed by atoms with Gasteiger partial charge in [0.15, 0.2) is 5.82 Å². The number of aryl methyl sites for hydroxylation is 1. The highest BCUT2D eigenvalue weighted by Gasteiger charge is 2.09. The van der Waals surface area contributed by atoms with Crippen molar-refractivity contribution in [2.75, 3.05) is 7.11 Å². The Kier molecular flexibility index (Phi) is 2.82. The fourth-order valence-corrected chi connectivity index (χ4v) is 1.38. The van der Waals surface area contributed by atoms with Crippen LogP contribution in [0.2, 0.25) is 0 Å². The number of tetrazole rings is 1. The van der Waals surface area contributed by atoms with Crippen molar-refractivity contribution in [3.8, 4) is 11.4 Å². The average molecular weight is 219 g/mol. The molecule has 0 aliphatic heterocycles. The van der Waals surface area contributed by atoms with Gasteiger partial charge < -0.3 is 10.5 Å². The van der Waals surface area contributed by atoms with Crippen molar-refractivity contribution in [1.29, 1.82) is 0 Å². The predicted molar refractivity (Wildman–Crippen MR) is 58.3 cm³/mol. The second kappa shape index (κ2) is 4.28. The van der Waals surface area contributed by atoms with Gasteiger partial charge in [0.2, 0.25) is 0 Å². The number of methoxy groups -OCH3 is 1. The van der Waals surface area contributed by atoms with Gasteiger partial charge in [0.25, 0.3) is 0 Å². The van der Waals surface area contributed by atoms with Crippen LogP contribution in [0.25, 0.3) is 5.69 Å². The van der Waals surface area contributed by atoms with Gasteiger partial charge in [-0.1, -0.05) is 6.07 Å². The molecule has 0 aliphatic carbocycles. The summed E-state index contributed by atoms with van der Waals surface area (Å²) < 4.78 is 5.24. The number of nitrogens with zero attached hydrogens (tertiary/aromatic N) is 4. The Morgan fingerprint density at radius 3 is 2.88 bits per heavy atom. The lowest BCUT2D eigenvalue weighted by Crippen LogP contribution is -2.04. The topological polar surface area (TPSA) is 78.8 Å². The number of aromatic nitrogens is 4. The van der Waals surface area contributed by atoms with Gasteiger partial charge in [-0.3, -0.25) is 0 Å². The highest BCUT2D eigenvalue weighted by Crippen LogP contribution is 2.22. The third-order valence-corrected chi connectivity index (χ3v) is 2.19. The minimum atomic E-state index is 0.272. The maximum atomic E-state index is 5.43. The van der Waals surface area contributed by atoms with E-state index in [1.165, 1.54) is 4.80 Å². The van der Waals surface area contributed by atoms with Gasteiger partial charge in [-0.15, -0.1) is 15.0 Å². The van der Waals surface area contributed by atoms with Crippen LogP contribution in [-0.2, 0) is 6.54 Å². The largest absolute Gasteiger partial charge is 0.494 e. The highest BCUT2D eigenvalue weighted by atomic mass is 16.5. The molecule has 0 unspecified atom stereocenters. The standard InChI is InChI=1S/C10H13N5O/c1-7-3-4-9(16-2)8(5-7)15-13-10(6-11)12-14-15/h3-5H,6,11H2,1-2H3. The van der Waals surface area contributed by atoms with E-state index >= 15 is 0 Å². The lowest BCUT2D eigenvalue weighted by Gasteiger charge is -2.06. The first kappa shape index (κ1) is 10.6. The molecule has 0 aliphatic rings. The summed E-state index contributed by atoms with van der Waals surface area (Å²) >= 11 is 0. The van der Waals surface area contributed by atoms with Crippen LogP contribution in [0.5, 0.6) is 5.75 Å². The van der Waals surface area contributed by atoms with E-state index in [-0.39, 0.29) is 6.54 Å². The van der Waals surface area contributed by atoms with Crippen molar-refractivity contribution in [1.82, 2.24) is 20.2 Å². The van der Waals surface area contributed by atoms with Crippen LogP contribution in [0, 0.1) is 6.92 Å². The van der Waals surface area contributed by atoms with E-state index in [4.69, 9.17) is 10.5 Å². The molecule has 2 N–H and O–H groups in total. The maximum Gasteiger partial charge on any atom is 0.188 e. The summed E-state index contributed by atoms with van der Waals surface area (Å²) in [6.45, 7) is 2.26. The Labute approximate surface area is 93.0 Å². The molecule has 0 spiro atoms. The van der Waals surface area contributed by atoms with E-state index in [0.29, 0.717) is 11.6 Å².